The summed E-state index contributed by atoms with van der Waals surface area (Å²) >= 11 is 0. The number of hydrogen-bond acceptors (Lipinski definition) is 5. The number of ether oxygens (including phenoxy) is 1. The molecule has 0 radical (unpaired) electrons. The highest BCUT2D eigenvalue weighted by Crippen LogP contribution is 2.25. The van der Waals surface area contributed by atoms with Gasteiger partial charge in [-0.3, -0.25) is 14.5 Å². The number of carbonyl (C=O) groups is 2. The first-order valence-electron chi connectivity index (χ1n) is 9.66. The number of rotatable bonds is 4. The lowest BCUT2D eigenvalue weighted by molar-refractivity contribution is -0.133. The van der Waals surface area contributed by atoms with E-state index in [2.05, 4.69) is 9.88 Å². The van der Waals surface area contributed by atoms with E-state index in [1.807, 2.05) is 39.8 Å². The van der Waals surface area contributed by atoms with Crippen molar-refractivity contribution in [2.45, 2.75) is 13.0 Å². The van der Waals surface area contributed by atoms with Crippen LogP contribution in [0.1, 0.15) is 16.2 Å². The second-order valence-corrected chi connectivity index (χ2v) is 7.13. The molecule has 1 saturated heterocycles. The number of aromatic nitrogens is 2. The highest BCUT2D eigenvalue weighted by Gasteiger charge is 2.27. The smallest absolute Gasteiger partial charge is 0.269 e. The molecular formula is C20H25N5O3. The molecule has 0 spiro atoms. The van der Waals surface area contributed by atoms with Crippen molar-refractivity contribution in [2.75, 3.05) is 45.9 Å². The molecular weight excluding hydrogens is 358 g/mol. The Morgan fingerprint density at radius 3 is 2.50 bits per heavy atom. The van der Waals surface area contributed by atoms with E-state index >= 15 is 0 Å². The molecule has 1 fully saturated rings. The third-order valence-corrected chi connectivity index (χ3v) is 5.37. The van der Waals surface area contributed by atoms with Gasteiger partial charge < -0.3 is 19.9 Å². The zero-order valence-electron chi connectivity index (χ0n) is 15.8. The number of hydrogen-bond donors (Lipinski definition) is 1. The zero-order valence-corrected chi connectivity index (χ0v) is 15.8. The third-order valence-electron chi connectivity index (χ3n) is 5.37. The molecule has 2 amide bonds. The monoisotopic (exact) mass is 383 g/mol. The lowest BCUT2D eigenvalue weighted by Crippen LogP contribution is -2.45. The molecule has 0 aliphatic carbocycles. The number of morpholine rings is 1. The number of nitrogens with two attached hydrogens (primary N) is 1. The van der Waals surface area contributed by atoms with E-state index in [4.69, 9.17) is 10.5 Å². The van der Waals surface area contributed by atoms with Gasteiger partial charge in [0.15, 0.2) is 0 Å². The summed E-state index contributed by atoms with van der Waals surface area (Å²) < 4.78 is 7.39. The van der Waals surface area contributed by atoms with E-state index in [9.17, 15) is 9.59 Å². The van der Waals surface area contributed by atoms with Crippen LogP contribution in [0.25, 0.3) is 11.4 Å². The molecule has 2 N–H and O–H groups in total. The van der Waals surface area contributed by atoms with Crippen LogP contribution in [0.3, 0.4) is 0 Å². The van der Waals surface area contributed by atoms with Crippen LogP contribution in [0.15, 0.2) is 30.3 Å². The van der Waals surface area contributed by atoms with Gasteiger partial charge >= 0.3 is 0 Å². The number of fused-ring (bicyclic) bond motifs is 1. The second kappa shape index (κ2) is 8.12. The molecule has 8 nitrogen and oxygen atoms in total. The van der Waals surface area contributed by atoms with Crippen molar-refractivity contribution < 1.29 is 14.3 Å². The highest BCUT2D eigenvalue weighted by molar-refractivity contribution is 5.93. The average molecular weight is 383 g/mol. The fraction of sp³-hybridized carbons (Fsp3) is 0.450. The molecule has 0 atom stereocenters. The molecule has 3 heterocycles. The molecule has 2 aliphatic heterocycles. The Morgan fingerprint density at radius 1 is 1.04 bits per heavy atom. The van der Waals surface area contributed by atoms with Crippen molar-refractivity contribution in [3.8, 4) is 11.4 Å². The predicted octanol–water partition coefficient (Wildman–Crippen LogP) is 0.366. The molecule has 1 aromatic heterocycles. The van der Waals surface area contributed by atoms with Gasteiger partial charge in [-0.05, 0) is 0 Å². The third kappa shape index (κ3) is 3.79. The van der Waals surface area contributed by atoms with E-state index in [1.165, 1.54) is 0 Å². The van der Waals surface area contributed by atoms with Crippen LogP contribution in [-0.4, -0.2) is 77.1 Å². The van der Waals surface area contributed by atoms with Crippen LogP contribution in [0.4, 0.5) is 0 Å². The van der Waals surface area contributed by atoms with Crippen LogP contribution in [0.2, 0.25) is 0 Å². The Hall–Kier alpha value is -2.71. The largest absolute Gasteiger partial charge is 0.379 e. The van der Waals surface area contributed by atoms with Gasteiger partial charge in [0.05, 0.1) is 25.5 Å². The average Bonchev–Trinajstić information content (AvgIpc) is 2.94. The quantitative estimate of drug-likeness (QED) is 0.823. The molecule has 2 aliphatic rings. The first-order chi connectivity index (χ1) is 13.6. The number of nitrogens with zero attached hydrogens (tertiary/aromatic N) is 4. The van der Waals surface area contributed by atoms with Crippen LogP contribution < -0.4 is 5.73 Å². The second-order valence-electron chi connectivity index (χ2n) is 7.13. The maximum Gasteiger partial charge on any atom is 0.269 e. The fourth-order valence-electron chi connectivity index (χ4n) is 3.86. The van der Waals surface area contributed by atoms with Gasteiger partial charge in [0.2, 0.25) is 5.91 Å². The van der Waals surface area contributed by atoms with E-state index < -0.39 is 5.91 Å². The van der Waals surface area contributed by atoms with Gasteiger partial charge in [-0.25, -0.2) is 4.98 Å². The molecule has 28 heavy (non-hydrogen) atoms. The Morgan fingerprint density at radius 2 is 1.79 bits per heavy atom. The molecule has 1 aromatic carbocycles. The minimum absolute atomic E-state index is 0.113. The molecule has 0 unspecified atom stereocenters. The Balaban J connectivity index is 1.54. The topological polar surface area (TPSA) is 93.7 Å². The summed E-state index contributed by atoms with van der Waals surface area (Å²) in [5.74, 6) is 0.313. The van der Waals surface area contributed by atoms with Gasteiger partial charge in [0, 0.05) is 44.7 Å². The number of benzene rings is 1. The maximum absolute atomic E-state index is 12.8. The van der Waals surface area contributed by atoms with Crippen LogP contribution in [-0.2, 0) is 22.5 Å². The lowest BCUT2D eigenvalue weighted by Gasteiger charge is -2.29. The first kappa shape index (κ1) is 18.6. The predicted molar refractivity (Wildman–Crippen MR) is 104 cm³/mol. The van der Waals surface area contributed by atoms with Crippen molar-refractivity contribution in [1.29, 1.82) is 0 Å². The summed E-state index contributed by atoms with van der Waals surface area (Å²) in [6.45, 7) is 5.06. The fourth-order valence-corrected chi connectivity index (χ4v) is 3.86. The normalized spacial score (nSPS) is 17.8. The number of primary amides is 1. The highest BCUT2D eigenvalue weighted by atomic mass is 16.5. The zero-order chi connectivity index (χ0) is 19.5. The summed E-state index contributed by atoms with van der Waals surface area (Å²) in [6, 6.07) is 9.75. The van der Waals surface area contributed by atoms with Gasteiger partial charge in [-0.1, -0.05) is 30.3 Å². The maximum atomic E-state index is 12.8. The van der Waals surface area contributed by atoms with Crippen molar-refractivity contribution in [1.82, 2.24) is 19.4 Å². The molecule has 2 aromatic rings. The minimum atomic E-state index is -0.529. The first-order valence-corrected chi connectivity index (χ1v) is 9.66. The van der Waals surface area contributed by atoms with E-state index in [-0.39, 0.29) is 5.91 Å². The minimum Gasteiger partial charge on any atom is -0.379 e. The van der Waals surface area contributed by atoms with Crippen molar-refractivity contribution in [2.24, 2.45) is 5.73 Å². The summed E-state index contributed by atoms with van der Waals surface area (Å²) in [7, 11) is 0. The van der Waals surface area contributed by atoms with Crippen molar-refractivity contribution in [3.63, 3.8) is 0 Å². The van der Waals surface area contributed by atoms with Gasteiger partial charge in [-0.15, -0.1) is 0 Å². The van der Waals surface area contributed by atoms with Crippen LogP contribution >= 0.6 is 0 Å². The Labute approximate surface area is 163 Å². The molecule has 0 saturated carbocycles. The van der Waals surface area contributed by atoms with Crippen molar-refractivity contribution in [3.05, 3.63) is 41.7 Å². The molecule has 4 rings (SSSR count). The molecule has 8 heteroatoms. The van der Waals surface area contributed by atoms with Gasteiger partial charge in [0.1, 0.15) is 11.5 Å². The number of imidazole rings is 1. The number of amides is 2. The van der Waals surface area contributed by atoms with Gasteiger partial charge in [-0.2, -0.15) is 0 Å². The van der Waals surface area contributed by atoms with E-state index in [1.54, 1.807) is 0 Å². The van der Waals surface area contributed by atoms with Crippen molar-refractivity contribution >= 4 is 11.8 Å². The standard InChI is InChI=1S/C20H25N5O3/c21-19(27)18-16-6-7-24(17(26)14-23-10-12-28-13-11-23)8-9-25(16)20(22-18)15-4-2-1-3-5-15/h1-5H,6-14H2,(H2,21,27). The summed E-state index contributed by atoms with van der Waals surface area (Å²) in [4.78, 5) is 33.3. The lowest BCUT2D eigenvalue weighted by atomic mass is 10.2. The summed E-state index contributed by atoms with van der Waals surface area (Å²) in [6.07, 6.45) is 0.562. The number of carbonyl (C=O) groups excluding carboxylic acids is 2. The molecule has 0 bridgehead atoms. The summed E-state index contributed by atoms with van der Waals surface area (Å²) in [5.41, 5.74) is 7.64. The van der Waals surface area contributed by atoms with Gasteiger partial charge in [0.25, 0.3) is 5.91 Å². The molecule has 148 valence electrons. The summed E-state index contributed by atoms with van der Waals surface area (Å²) in [5, 5.41) is 0. The van der Waals surface area contributed by atoms with E-state index in [0.29, 0.717) is 51.5 Å². The SMILES string of the molecule is NC(=O)c1nc(-c2ccccc2)n2c1CCN(C(=O)CN1CCOCC1)CC2. The van der Waals surface area contributed by atoms with Crippen LogP contribution in [0, 0.1) is 0 Å². The van der Waals surface area contributed by atoms with Crippen LogP contribution in [0.5, 0.6) is 0 Å². The Bertz CT molecular complexity index is 858. The Kier molecular flexibility index (Phi) is 5.40. The van der Waals surface area contributed by atoms with E-state index in [0.717, 1.165) is 30.2 Å².